The molecule has 2 aromatic carbocycles. The fourth-order valence-corrected chi connectivity index (χ4v) is 1.98. The highest BCUT2D eigenvalue weighted by atomic mass is 19.1. The fourth-order valence-electron chi connectivity index (χ4n) is 1.98. The molecule has 0 atom stereocenters. The molecule has 0 saturated carbocycles. The standard InChI is InChI=1S/C17H17FN2O3/c1-23-17(22)12-5-4-6-13(11-12)20-16(21)9-10-19-15-8-3-2-7-14(15)18/h2-8,11,19H,9-10H2,1H3,(H,20,21). The number of halogens is 1. The zero-order valence-electron chi connectivity index (χ0n) is 12.6. The number of carbonyl (C=O) groups is 2. The molecule has 23 heavy (non-hydrogen) atoms. The third kappa shape index (κ3) is 4.81. The predicted molar refractivity (Wildman–Crippen MR) is 85.9 cm³/mol. The van der Waals surface area contributed by atoms with E-state index in [0.29, 0.717) is 23.5 Å². The Hall–Kier alpha value is -2.89. The van der Waals surface area contributed by atoms with E-state index in [1.165, 1.54) is 19.2 Å². The molecule has 0 saturated heterocycles. The Morgan fingerprint density at radius 3 is 2.65 bits per heavy atom. The molecule has 5 nitrogen and oxygen atoms in total. The molecule has 2 rings (SSSR count). The molecule has 0 radical (unpaired) electrons. The average Bonchev–Trinajstić information content (AvgIpc) is 2.56. The SMILES string of the molecule is COC(=O)c1cccc(NC(=O)CCNc2ccccc2F)c1. The second-order valence-electron chi connectivity index (χ2n) is 4.78. The Bertz CT molecular complexity index is 704. The quantitative estimate of drug-likeness (QED) is 0.804. The Morgan fingerprint density at radius 1 is 1.13 bits per heavy atom. The summed E-state index contributed by atoms with van der Waals surface area (Å²) in [4.78, 5) is 23.3. The van der Waals surface area contributed by atoms with Crippen molar-refractivity contribution in [3.8, 4) is 0 Å². The van der Waals surface area contributed by atoms with E-state index in [1.54, 1.807) is 36.4 Å². The van der Waals surface area contributed by atoms with E-state index < -0.39 is 5.97 Å². The van der Waals surface area contributed by atoms with Gasteiger partial charge in [-0.25, -0.2) is 9.18 Å². The van der Waals surface area contributed by atoms with E-state index in [4.69, 9.17) is 0 Å². The van der Waals surface area contributed by atoms with Gasteiger partial charge >= 0.3 is 5.97 Å². The number of rotatable bonds is 6. The van der Waals surface area contributed by atoms with Crippen molar-refractivity contribution in [2.75, 3.05) is 24.3 Å². The van der Waals surface area contributed by atoms with Crippen LogP contribution in [0.1, 0.15) is 16.8 Å². The van der Waals surface area contributed by atoms with Crippen LogP contribution in [0.2, 0.25) is 0 Å². The van der Waals surface area contributed by atoms with Crippen LogP contribution < -0.4 is 10.6 Å². The van der Waals surface area contributed by atoms with Crippen LogP contribution >= 0.6 is 0 Å². The lowest BCUT2D eigenvalue weighted by atomic mass is 10.2. The minimum absolute atomic E-state index is 0.163. The van der Waals surface area contributed by atoms with Crippen LogP contribution in [0.5, 0.6) is 0 Å². The first kappa shape index (κ1) is 16.5. The lowest BCUT2D eigenvalue weighted by Gasteiger charge is -2.09. The maximum Gasteiger partial charge on any atom is 0.337 e. The van der Waals surface area contributed by atoms with Crippen LogP contribution in [0.25, 0.3) is 0 Å². The van der Waals surface area contributed by atoms with Crippen LogP contribution in [0.15, 0.2) is 48.5 Å². The predicted octanol–water partition coefficient (Wildman–Crippen LogP) is 3.05. The molecular formula is C17H17FN2O3. The molecule has 0 unspecified atom stereocenters. The first-order valence-electron chi connectivity index (χ1n) is 7.07. The third-order valence-electron chi connectivity index (χ3n) is 3.11. The molecule has 0 bridgehead atoms. The van der Waals surface area contributed by atoms with Crippen molar-refractivity contribution in [2.45, 2.75) is 6.42 Å². The topological polar surface area (TPSA) is 67.4 Å². The number of para-hydroxylation sites is 1. The maximum atomic E-state index is 13.4. The summed E-state index contributed by atoms with van der Waals surface area (Å²) in [6.45, 7) is 0.295. The summed E-state index contributed by atoms with van der Waals surface area (Å²) in [5.41, 5.74) is 1.21. The summed E-state index contributed by atoms with van der Waals surface area (Å²) < 4.78 is 18.0. The molecule has 0 fully saturated rings. The van der Waals surface area contributed by atoms with Gasteiger partial charge in [-0.15, -0.1) is 0 Å². The lowest BCUT2D eigenvalue weighted by Crippen LogP contribution is -2.17. The van der Waals surface area contributed by atoms with Crippen molar-refractivity contribution >= 4 is 23.3 Å². The van der Waals surface area contributed by atoms with Crippen LogP contribution in [0, 0.1) is 5.82 Å². The van der Waals surface area contributed by atoms with Gasteiger partial charge < -0.3 is 15.4 Å². The van der Waals surface area contributed by atoms with Gasteiger partial charge in [0.1, 0.15) is 5.82 Å². The average molecular weight is 316 g/mol. The summed E-state index contributed by atoms with van der Waals surface area (Å²) in [6, 6.07) is 12.7. The van der Waals surface area contributed by atoms with E-state index in [1.807, 2.05) is 0 Å². The summed E-state index contributed by atoms with van der Waals surface area (Å²) in [7, 11) is 1.29. The number of anilines is 2. The minimum atomic E-state index is -0.470. The Morgan fingerprint density at radius 2 is 1.91 bits per heavy atom. The number of methoxy groups -OCH3 is 1. The molecule has 0 aromatic heterocycles. The number of amides is 1. The van der Waals surface area contributed by atoms with Crippen molar-refractivity contribution in [2.24, 2.45) is 0 Å². The zero-order valence-corrected chi connectivity index (χ0v) is 12.6. The van der Waals surface area contributed by atoms with Gasteiger partial charge in [-0.1, -0.05) is 18.2 Å². The van der Waals surface area contributed by atoms with E-state index in [9.17, 15) is 14.0 Å². The fraction of sp³-hybridized carbons (Fsp3) is 0.176. The van der Waals surface area contributed by atoms with Crippen LogP contribution in [-0.2, 0) is 9.53 Å². The second kappa shape index (κ2) is 7.93. The van der Waals surface area contributed by atoms with Crippen LogP contribution in [0.3, 0.4) is 0 Å². The molecule has 2 N–H and O–H groups in total. The molecule has 0 heterocycles. The first-order chi connectivity index (χ1) is 11.1. The Labute approximate surface area is 133 Å². The Balaban J connectivity index is 1.85. The minimum Gasteiger partial charge on any atom is -0.465 e. The van der Waals surface area contributed by atoms with E-state index in [2.05, 4.69) is 15.4 Å². The normalized spacial score (nSPS) is 10.0. The largest absolute Gasteiger partial charge is 0.465 e. The number of nitrogens with one attached hydrogen (secondary N) is 2. The summed E-state index contributed by atoms with van der Waals surface area (Å²) in [5, 5.41) is 5.54. The van der Waals surface area contributed by atoms with Gasteiger partial charge in [0, 0.05) is 18.7 Å². The van der Waals surface area contributed by atoms with Gasteiger partial charge in [-0.2, -0.15) is 0 Å². The van der Waals surface area contributed by atoms with E-state index in [0.717, 1.165) is 0 Å². The Kier molecular flexibility index (Phi) is 5.68. The van der Waals surface area contributed by atoms with Gasteiger partial charge in [-0.3, -0.25) is 4.79 Å². The summed E-state index contributed by atoms with van der Waals surface area (Å²) in [5.74, 6) is -1.07. The van der Waals surface area contributed by atoms with Crippen molar-refractivity contribution in [3.63, 3.8) is 0 Å². The number of ether oxygens (including phenoxy) is 1. The van der Waals surface area contributed by atoms with Gasteiger partial charge in [0.2, 0.25) is 5.91 Å². The van der Waals surface area contributed by atoms with Crippen LogP contribution in [0.4, 0.5) is 15.8 Å². The smallest absolute Gasteiger partial charge is 0.337 e. The van der Waals surface area contributed by atoms with Gasteiger partial charge in [0.25, 0.3) is 0 Å². The molecular weight excluding hydrogens is 299 g/mol. The van der Waals surface area contributed by atoms with Crippen molar-refractivity contribution < 1.29 is 18.7 Å². The number of esters is 1. The molecule has 0 aliphatic rings. The molecule has 1 amide bonds. The van der Waals surface area contributed by atoms with Gasteiger partial charge in [0.15, 0.2) is 0 Å². The van der Waals surface area contributed by atoms with Crippen molar-refractivity contribution in [1.29, 1.82) is 0 Å². The lowest BCUT2D eigenvalue weighted by molar-refractivity contribution is -0.115. The number of hydrogen-bond acceptors (Lipinski definition) is 4. The number of hydrogen-bond donors (Lipinski definition) is 2. The van der Waals surface area contributed by atoms with E-state index >= 15 is 0 Å². The zero-order chi connectivity index (χ0) is 16.7. The molecule has 2 aromatic rings. The number of carbonyl (C=O) groups excluding carboxylic acids is 2. The van der Waals surface area contributed by atoms with Gasteiger partial charge in [-0.05, 0) is 30.3 Å². The number of benzene rings is 2. The highest BCUT2D eigenvalue weighted by molar-refractivity contribution is 5.94. The maximum absolute atomic E-state index is 13.4. The van der Waals surface area contributed by atoms with Crippen molar-refractivity contribution in [1.82, 2.24) is 0 Å². The highest BCUT2D eigenvalue weighted by Crippen LogP contribution is 2.13. The molecule has 0 aliphatic carbocycles. The molecule has 6 heteroatoms. The molecule has 0 spiro atoms. The molecule has 120 valence electrons. The van der Waals surface area contributed by atoms with Gasteiger partial charge in [0.05, 0.1) is 18.4 Å². The van der Waals surface area contributed by atoms with Crippen LogP contribution in [-0.4, -0.2) is 25.5 Å². The molecule has 0 aliphatic heterocycles. The summed E-state index contributed by atoms with van der Waals surface area (Å²) >= 11 is 0. The summed E-state index contributed by atoms with van der Waals surface area (Å²) in [6.07, 6.45) is 0.163. The van der Waals surface area contributed by atoms with E-state index in [-0.39, 0.29) is 18.1 Å². The highest BCUT2D eigenvalue weighted by Gasteiger charge is 2.08. The monoisotopic (exact) mass is 316 g/mol. The second-order valence-corrected chi connectivity index (χ2v) is 4.78. The van der Waals surface area contributed by atoms with Crippen molar-refractivity contribution in [3.05, 3.63) is 59.9 Å². The first-order valence-corrected chi connectivity index (χ1v) is 7.07. The third-order valence-corrected chi connectivity index (χ3v) is 3.11.